The molecule has 2 aromatic rings. The summed E-state index contributed by atoms with van der Waals surface area (Å²) in [5.74, 6) is 0.978. The van der Waals surface area contributed by atoms with E-state index in [0.29, 0.717) is 11.1 Å². The molecule has 136 valence electrons. The van der Waals surface area contributed by atoms with Gasteiger partial charge in [0.15, 0.2) is 23.0 Å². The molecular weight excluding hydrogens is 328 g/mol. The zero-order chi connectivity index (χ0) is 18.7. The average molecular weight is 350 g/mol. The van der Waals surface area contributed by atoms with Crippen molar-refractivity contribution in [2.75, 3.05) is 28.4 Å². The van der Waals surface area contributed by atoms with Crippen molar-refractivity contribution in [1.82, 2.24) is 0 Å². The van der Waals surface area contributed by atoms with Crippen molar-refractivity contribution in [1.29, 1.82) is 0 Å². The standard InChI is InChI=1S/C18H22O7/c1-9-7-11(21-3)13(19)17(23-5)15(9)25-16-10(2)8-12(22-4)14(20)18(16)24-6/h7-8,19-20H,1-6H3. The minimum absolute atomic E-state index is 0.119. The molecule has 0 unspecified atom stereocenters. The van der Waals surface area contributed by atoms with E-state index in [9.17, 15) is 10.2 Å². The van der Waals surface area contributed by atoms with Gasteiger partial charge in [0.2, 0.25) is 23.0 Å². The first-order valence-corrected chi connectivity index (χ1v) is 7.46. The van der Waals surface area contributed by atoms with Gasteiger partial charge in [0.1, 0.15) is 0 Å². The second-order valence-electron chi connectivity index (χ2n) is 5.32. The monoisotopic (exact) mass is 350 g/mol. The lowest BCUT2D eigenvalue weighted by molar-refractivity contribution is 0.309. The Morgan fingerprint density at radius 1 is 0.600 bits per heavy atom. The number of ether oxygens (including phenoxy) is 5. The minimum atomic E-state index is -0.181. The first-order valence-electron chi connectivity index (χ1n) is 7.46. The number of aryl methyl sites for hydroxylation is 2. The van der Waals surface area contributed by atoms with E-state index in [4.69, 9.17) is 23.7 Å². The van der Waals surface area contributed by atoms with Crippen LogP contribution in [0.1, 0.15) is 11.1 Å². The molecule has 7 nitrogen and oxygen atoms in total. The number of aromatic hydroxyl groups is 2. The lowest BCUT2D eigenvalue weighted by Gasteiger charge is -2.20. The number of methoxy groups -OCH3 is 4. The SMILES string of the molecule is COc1cc(C)c(Oc2c(C)cc(OC)c(O)c2OC)c(OC)c1O. The zero-order valence-electron chi connectivity index (χ0n) is 15.1. The topological polar surface area (TPSA) is 86.6 Å². The van der Waals surface area contributed by atoms with E-state index >= 15 is 0 Å². The van der Waals surface area contributed by atoms with E-state index in [2.05, 4.69) is 0 Å². The maximum atomic E-state index is 10.3. The number of rotatable bonds is 6. The normalized spacial score (nSPS) is 10.3. The van der Waals surface area contributed by atoms with Gasteiger partial charge in [-0.1, -0.05) is 0 Å². The zero-order valence-corrected chi connectivity index (χ0v) is 15.1. The van der Waals surface area contributed by atoms with Gasteiger partial charge in [-0.25, -0.2) is 0 Å². The lowest BCUT2D eigenvalue weighted by Crippen LogP contribution is -2.00. The van der Waals surface area contributed by atoms with Gasteiger partial charge in [-0.3, -0.25) is 0 Å². The third-order valence-electron chi connectivity index (χ3n) is 3.77. The second kappa shape index (κ2) is 7.29. The highest BCUT2D eigenvalue weighted by atomic mass is 16.5. The van der Waals surface area contributed by atoms with Crippen LogP contribution in [0, 0.1) is 13.8 Å². The predicted octanol–water partition coefficient (Wildman–Crippen LogP) is 3.54. The summed E-state index contributed by atoms with van der Waals surface area (Å²) in [5, 5.41) is 20.5. The van der Waals surface area contributed by atoms with E-state index < -0.39 is 0 Å². The smallest absolute Gasteiger partial charge is 0.207 e. The molecule has 0 spiro atoms. The molecule has 0 aliphatic heterocycles. The van der Waals surface area contributed by atoms with Crippen LogP contribution in [0.4, 0.5) is 0 Å². The number of phenolic OH excluding ortho intramolecular Hbond substituents is 2. The molecule has 2 aromatic carbocycles. The molecule has 25 heavy (non-hydrogen) atoms. The van der Waals surface area contributed by atoms with Crippen molar-refractivity contribution in [3.8, 4) is 46.0 Å². The lowest BCUT2D eigenvalue weighted by atomic mass is 10.1. The van der Waals surface area contributed by atoms with Gasteiger partial charge < -0.3 is 33.9 Å². The molecule has 0 radical (unpaired) electrons. The summed E-state index contributed by atoms with van der Waals surface area (Å²) in [4.78, 5) is 0. The Morgan fingerprint density at radius 3 is 1.24 bits per heavy atom. The summed E-state index contributed by atoms with van der Waals surface area (Å²) in [6.45, 7) is 3.57. The van der Waals surface area contributed by atoms with E-state index in [1.807, 2.05) is 0 Å². The molecule has 0 amide bonds. The molecule has 0 fully saturated rings. The van der Waals surface area contributed by atoms with Crippen LogP contribution >= 0.6 is 0 Å². The van der Waals surface area contributed by atoms with E-state index in [1.54, 1.807) is 26.0 Å². The van der Waals surface area contributed by atoms with Crippen LogP contribution in [0.5, 0.6) is 46.0 Å². The summed E-state index contributed by atoms with van der Waals surface area (Å²) < 4.78 is 26.8. The van der Waals surface area contributed by atoms with Crippen LogP contribution in [-0.2, 0) is 0 Å². The first-order chi connectivity index (χ1) is 11.9. The van der Waals surface area contributed by atoms with Crippen molar-refractivity contribution in [2.24, 2.45) is 0 Å². The Bertz CT molecular complexity index is 718. The molecule has 7 heteroatoms. The van der Waals surface area contributed by atoms with Crippen molar-refractivity contribution < 1.29 is 33.9 Å². The third kappa shape index (κ3) is 3.17. The molecule has 0 saturated carbocycles. The van der Waals surface area contributed by atoms with Gasteiger partial charge in [-0.2, -0.15) is 0 Å². The number of benzene rings is 2. The van der Waals surface area contributed by atoms with Crippen molar-refractivity contribution in [2.45, 2.75) is 13.8 Å². The molecule has 0 aliphatic rings. The molecule has 0 aliphatic carbocycles. The van der Waals surface area contributed by atoms with Crippen molar-refractivity contribution in [3.63, 3.8) is 0 Å². The maximum absolute atomic E-state index is 10.3. The quantitative estimate of drug-likeness (QED) is 0.824. The van der Waals surface area contributed by atoms with Crippen LogP contribution < -0.4 is 23.7 Å². The number of phenols is 2. The predicted molar refractivity (Wildman–Crippen MR) is 92.0 cm³/mol. The van der Waals surface area contributed by atoms with Crippen LogP contribution in [0.2, 0.25) is 0 Å². The highest BCUT2D eigenvalue weighted by Crippen LogP contribution is 2.51. The Morgan fingerprint density at radius 2 is 0.960 bits per heavy atom. The number of hydrogen-bond donors (Lipinski definition) is 2. The summed E-state index contributed by atoms with van der Waals surface area (Å²) >= 11 is 0. The summed E-state index contributed by atoms with van der Waals surface area (Å²) in [5.41, 5.74) is 1.34. The minimum Gasteiger partial charge on any atom is -0.502 e. The van der Waals surface area contributed by atoms with Gasteiger partial charge >= 0.3 is 0 Å². The second-order valence-corrected chi connectivity index (χ2v) is 5.32. The highest BCUT2D eigenvalue weighted by Gasteiger charge is 2.24. The maximum Gasteiger partial charge on any atom is 0.207 e. The van der Waals surface area contributed by atoms with Crippen LogP contribution in [-0.4, -0.2) is 38.7 Å². The largest absolute Gasteiger partial charge is 0.502 e. The van der Waals surface area contributed by atoms with Crippen molar-refractivity contribution >= 4 is 0 Å². The molecule has 0 aromatic heterocycles. The fraction of sp³-hybridized carbons (Fsp3) is 0.333. The van der Waals surface area contributed by atoms with E-state index in [0.717, 1.165) is 0 Å². The summed E-state index contributed by atoms with van der Waals surface area (Å²) in [7, 11) is 5.72. The van der Waals surface area contributed by atoms with Gasteiger partial charge in [-0.05, 0) is 37.1 Å². The molecule has 2 N–H and O–H groups in total. The Hall–Kier alpha value is -2.96. The van der Waals surface area contributed by atoms with Gasteiger partial charge in [0.25, 0.3) is 0 Å². The molecule has 0 bridgehead atoms. The van der Waals surface area contributed by atoms with Crippen LogP contribution in [0.3, 0.4) is 0 Å². The Labute approximate surface area is 146 Å². The first kappa shape index (κ1) is 18.4. The molecule has 2 rings (SSSR count). The highest BCUT2D eigenvalue weighted by molar-refractivity contribution is 5.66. The van der Waals surface area contributed by atoms with Crippen LogP contribution in [0.15, 0.2) is 12.1 Å². The molecule has 0 saturated heterocycles. The number of hydrogen-bond acceptors (Lipinski definition) is 7. The Balaban J connectivity index is 2.65. The molecular formula is C18H22O7. The average Bonchev–Trinajstić information content (AvgIpc) is 2.60. The van der Waals surface area contributed by atoms with Crippen molar-refractivity contribution in [3.05, 3.63) is 23.3 Å². The third-order valence-corrected chi connectivity index (χ3v) is 3.77. The van der Waals surface area contributed by atoms with Crippen LogP contribution in [0.25, 0.3) is 0 Å². The molecule has 0 atom stereocenters. The summed E-state index contributed by atoms with van der Waals surface area (Å²) in [6.07, 6.45) is 0. The fourth-order valence-corrected chi connectivity index (χ4v) is 2.50. The fourth-order valence-electron chi connectivity index (χ4n) is 2.50. The Kier molecular flexibility index (Phi) is 5.36. The van der Waals surface area contributed by atoms with E-state index in [1.165, 1.54) is 28.4 Å². The van der Waals surface area contributed by atoms with Gasteiger partial charge in [0, 0.05) is 0 Å². The van der Waals surface area contributed by atoms with E-state index in [-0.39, 0.29) is 46.0 Å². The summed E-state index contributed by atoms with van der Waals surface area (Å²) in [6, 6.07) is 3.25. The molecule has 0 heterocycles. The van der Waals surface area contributed by atoms with Gasteiger partial charge in [-0.15, -0.1) is 0 Å². The van der Waals surface area contributed by atoms with Gasteiger partial charge in [0.05, 0.1) is 28.4 Å².